The van der Waals surface area contributed by atoms with Gasteiger partial charge in [0.2, 0.25) is 0 Å². The normalized spacial score (nSPS) is 9.71. The number of carbonyl (C=O) groups is 2. The molecule has 0 heterocycles. The van der Waals surface area contributed by atoms with Gasteiger partial charge < -0.3 is 14.6 Å². The molecular weight excluding hydrogens is 224 g/mol. The van der Waals surface area contributed by atoms with Crippen molar-refractivity contribution in [3.05, 3.63) is 35.4 Å². The van der Waals surface area contributed by atoms with Crippen LogP contribution in [0.3, 0.4) is 0 Å². The van der Waals surface area contributed by atoms with Gasteiger partial charge >= 0.3 is 12.1 Å². The van der Waals surface area contributed by atoms with Gasteiger partial charge in [0, 0.05) is 6.42 Å². The summed E-state index contributed by atoms with van der Waals surface area (Å²) in [5.41, 5.74) is 1.16. The minimum atomic E-state index is -1.32. The van der Waals surface area contributed by atoms with E-state index in [0.717, 1.165) is 0 Å². The molecular formula is C12H14O5. The van der Waals surface area contributed by atoms with Gasteiger partial charge in [0.25, 0.3) is 0 Å². The quantitative estimate of drug-likeness (QED) is 0.795. The molecule has 1 N–H and O–H groups in total. The van der Waals surface area contributed by atoms with Gasteiger partial charge in [0.15, 0.2) is 0 Å². The van der Waals surface area contributed by atoms with E-state index in [0.29, 0.717) is 24.2 Å². The third kappa shape index (κ3) is 4.14. The molecule has 0 radical (unpaired) electrons. The average Bonchev–Trinajstić information content (AvgIpc) is 2.29. The van der Waals surface area contributed by atoms with E-state index in [1.165, 1.54) is 0 Å². The van der Waals surface area contributed by atoms with E-state index in [9.17, 15) is 9.59 Å². The summed E-state index contributed by atoms with van der Waals surface area (Å²) in [6, 6.07) is 6.90. The number of ether oxygens (including phenoxy) is 2. The highest BCUT2D eigenvalue weighted by atomic mass is 16.7. The zero-order valence-corrected chi connectivity index (χ0v) is 9.51. The monoisotopic (exact) mass is 238 g/mol. The first kappa shape index (κ1) is 13.0. The summed E-state index contributed by atoms with van der Waals surface area (Å²) in [6.07, 6.45) is -0.972. The summed E-state index contributed by atoms with van der Waals surface area (Å²) in [6.45, 7) is 2.05. The first-order chi connectivity index (χ1) is 8.15. The fraction of sp³-hybridized carbons (Fsp3) is 0.333. The Labute approximate surface area is 99.0 Å². The largest absolute Gasteiger partial charge is 0.505 e. The lowest BCUT2D eigenvalue weighted by Crippen LogP contribution is -2.11. The van der Waals surface area contributed by atoms with Crippen molar-refractivity contribution in [2.24, 2.45) is 0 Å². The molecule has 0 saturated carbocycles. The molecule has 1 aromatic carbocycles. The fourth-order valence-electron chi connectivity index (χ4n) is 1.39. The van der Waals surface area contributed by atoms with E-state index < -0.39 is 12.1 Å². The Kier molecular flexibility index (Phi) is 5.00. The maximum atomic E-state index is 11.6. The SMILES string of the molecule is CCOC(=O)c1ccccc1CCOC(=O)O. The molecule has 0 aliphatic rings. The molecule has 0 spiro atoms. The lowest BCUT2D eigenvalue weighted by molar-refractivity contribution is 0.0525. The van der Waals surface area contributed by atoms with Crippen molar-refractivity contribution in [2.75, 3.05) is 13.2 Å². The van der Waals surface area contributed by atoms with E-state index in [1.807, 2.05) is 0 Å². The maximum Gasteiger partial charge on any atom is 0.505 e. The van der Waals surface area contributed by atoms with Crippen LogP contribution in [0.25, 0.3) is 0 Å². The number of rotatable bonds is 5. The molecule has 1 aromatic rings. The van der Waals surface area contributed by atoms with Crippen molar-refractivity contribution in [2.45, 2.75) is 13.3 Å². The van der Waals surface area contributed by atoms with Crippen LogP contribution in [0.15, 0.2) is 24.3 Å². The van der Waals surface area contributed by atoms with Crippen LogP contribution >= 0.6 is 0 Å². The molecule has 0 fully saturated rings. The fourth-order valence-corrected chi connectivity index (χ4v) is 1.39. The molecule has 1 rings (SSSR count). The van der Waals surface area contributed by atoms with Crippen LogP contribution in [-0.2, 0) is 15.9 Å². The molecule has 0 aromatic heterocycles. The molecule has 17 heavy (non-hydrogen) atoms. The minimum absolute atomic E-state index is 0.0196. The number of benzene rings is 1. The number of hydrogen-bond donors (Lipinski definition) is 1. The van der Waals surface area contributed by atoms with Gasteiger partial charge in [0.1, 0.15) is 0 Å². The summed E-state index contributed by atoms with van der Waals surface area (Å²) in [7, 11) is 0. The molecule has 0 bridgehead atoms. The molecule has 5 nitrogen and oxygen atoms in total. The molecule has 5 heteroatoms. The summed E-state index contributed by atoms with van der Waals surface area (Å²) in [5, 5.41) is 8.34. The number of carboxylic acid groups (broad SMARTS) is 1. The van der Waals surface area contributed by atoms with Crippen molar-refractivity contribution in [3.63, 3.8) is 0 Å². The maximum absolute atomic E-state index is 11.6. The first-order valence-corrected chi connectivity index (χ1v) is 5.26. The minimum Gasteiger partial charge on any atom is -0.462 e. The Morgan fingerprint density at radius 1 is 1.24 bits per heavy atom. The molecule has 0 aliphatic carbocycles. The van der Waals surface area contributed by atoms with E-state index in [-0.39, 0.29) is 6.61 Å². The van der Waals surface area contributed by atoms with Crippen LogP contribution in [0.4, 0.5) is 4.79 Å². The van der Waals surface area contributed by atoms with Gasteiger partial charge in [-0.2, -0.15) is 0 Å². The van der Waals surface area contributed by atoms with Crippen LogP contribution in [0.5, 0.6) is 0 Å². The van der Waals surface area contributed by atoms with Gasteiger partial charge in [-0.15, -0.1) is 0 Å². The number of esters is 1. The second kappa shape index (κ2) is 6.52. The second-order valence-electron chi connectivity index (χ2n) is 3.24. The summed E-state index contributed by atoms with van der Waals surface area (Å²) in [5.74, 6) is -0.404. The van der Waals surface area contributed by atoms with Crippen LogP contribution < -0.4 is 0 Å². The van der Waals surface area contributed by atoms with Crippen LogP contribution in [0, 0.1) is 0 Å². The van der Waals surface area contributed by atoms with E-state index in [4.69, 9.17) is 9.84 Å². The second-order valence-corrected chi connectivity index (χ2v) is 3.24. The molecule has 0 amide bonds. The molecule has 0 aliphatic heterocycles. The Balaban J connectivity index is 2.70. The standard InChI is InChI=1S/C12H14O5/c1-2-16-11(13)10-6-4-3-5-9(10)7-8-17-12(14)15/h3-6H,2,7-8H2,1H3,(H,14,15). The van der Waals surface area contributed by atoms with E-state index in [2.05, 4.69) is 4.74 Å². The van der Waals surface area contributed by atoms with Crippen LogP contribution in [-0.4, -0.2) is 30.4 Å². The highest BCUT2D eigenvalue weighted by Crippen LogP contribution is 2.11. The molecule has 92 valence electrons. The Hall–Kier alpha value is -2.04. The van der Waals surface area contributed by atoms with Crippen LogP contribution in [0.1, 0.15) is 22.8 Å². The summed E-state index contributed by atoms with van der Waals surface area (Å²) in [4.78, 5) is 21.8. The highest BCUT2D eigenvalue weighted by Gasteiger charge is 2.11. The van der Waals surface area contributed by atoms with Gasteiger partial charge in [-0.25, -0.2) is 9.59 Å². The smallest absolute Gasteiger partial charge is 0.462 e. The van der Waals surface area contributed by atoms with Crippen molar-refractivity contribution < 1.29 is 24.2 Å². The van der Waals surface area contributed by atoms with E-state index >= 15 is 0 Å². The molecule has 0 atom stereocenters. The Morgan fingerprint density at radius 3 is 2.59 bits per heavy atom. The van der Waals surface area contributed by atoms with Gasteiger partial charge in [0.05, 0.1) is 18.8 Å². The molecule has 0 saturated heterocycles. The predicted molar refractivity (Wildman–Crippen MR) is 60.1 cm³/mol. The third-order valence-corrected chi connectivity index (χ3v) is 2.11. The summed E-state index contributed by atoms with van der Waals surface area (Å²) >= 11 is 0. The van der Waals surface area contributed by atoms with Crippen molar-refractivity contribution in [1.29, 1.82) is 0 Å². The zero-order valence-electron chi connectivity index (χ0n) is 9.51. The Morgan fingerprint density at radius 2 is 1.94 bits per heavy atom. The van der Waals surface area contributed by atoms with Gasteiger partial charge in [-0.05, 0) is 18.6 Å². The predicted octanol–water partition coefficient (Wildman–Crippen LogP) is 2.10. The van der Waals surface area contributed by atoms with Crippen molar-refractivity contribution in [3.8, 4) is 0 Å². The average molecular weight is 238 g/mol. The van der Waals surface area contributed by atoms with Crippen molar-refractivity contribution in [1.82, 2.24) is 0 Å². The Bertz CT molecular complexity index is 400. The zero-order chi connectivity index (χ0) is 12.7. The number of hydrogen-bond acceptors (Lipinski definition) is 4. The lowest BCUT2D eigenvalue weighted by Gasteiger charge is -2.08. The lowest BCUT2D eigenvalue weighted by atomic mass is 10.1. The van der Waals surface area contributed by atoms with E-state index in [1.54, 1.807) is 31.2 Å². The third-order valence-electron chi connectivity index (χ3n) is 2.11. The van der Waals surface area contributed by atoms with Gasteiger partial charge in [-0.3, -0.25) is 0 Å². The molecule has 0 unspecified atom stereocenters. The number of carbonyl (C=O) groups excluding carboxylic acids is 1. The first-order valence-electron chi connectivity index (χ1n) is 5.26. The highest BCUT2D eigenvalue weighted by molar-refractivity contribution is 5.91. The topological polar surface area (TPSA) is 72.8 Å². The van der Waals surface area contributed by atoms with Crippen molar-refractivity contribution >= 4 is 12.1 Å². The van der Waals surface area contributed by atoms with Crippen LogP contribution in [0.2, 0.25) is 0 Å². The van der Waals surface area contributed by atoms with Gasteiger partial charge in [-0.1, -0.05) is 18.2 Å². The summed E-state index contributed by atoms with van der Waals surface area (Å²) < 4.78 is 9.30.